The first-order chi connectivity index (χ1) is 33.1. The molecule has 7 atom stereocenters. The molecule has 3 aliphatic rings. The number of nitrogens with zero attached hydrogens (tertiary/aromatic N) is 3. The Morgan fingerprint density at radius 1 is 0.855 bits per heavy atom. The molecule has 1 unspecified atom stereocenters. The van der Waals surface area contributed by atoms with Crippen molar-refractivity contribution in [1.82, 2.24) is 41.4 Å². The molecule has 6 rings (SSSR count). The zero-order chi connectivity index (χ0) is 49.6. The van der Waals surface area contributed by atoms with Gasteiger partial charge < -0.3 is 63.3 Å². The summed E-state index contributed by atoms with van der Waals surface area (Å²) in [4.78, 5) is 108. The zero-order valence-electron chi connectivity index (χ0n) is 39.0. The standard InChI is InChI=1S/C48H67N11O10/c1-58(27-41(62)63)39(22-28-9-3-2-4-10-28)45(67)55-36-14-8-19-51-42(64)35(13-7-20-52-48(49)50)54-44(66)38(23-30-25-53-34-12-6-5-11-33(30)34)56-43(65)37(21-29-15-17-31(60)18-16-29)57-46(68)40-24-32(61)26-59(40)47(36)69/h2-6,9-12,25,29,31-32,35-40,53,60-61H,7-8,13-24,26-27H2,1H3,(H,51,64)(H,54,66)(H,55,67)(H,56,65)(H,57,68)(H,62,63)(H4,49,50,52)/t29?,31?,32-,35+,36+,37-,38+,39?,40+/m1/s1. The van der Waals surface area contributed by atoms with E-state index in [1.165, 1.54) is 16.8 Å². The number of nitrogens with two attached hydrogens (primary N) is 2. The van der Waals surface area contributed by atoms with Gasteiger partial charge in [0.15, 0.2) is 5.96 Å². The van der Waals surface area contributed by atoms with Crippen LogP contribution >= 0.6 is 0 Å². The number of aliphatic hydroxyl groups is 2. The highest BCUT2D eigenvalue weighted by atomic mass is 16.4. The Balaban J connectivity index is 1.34. The maximum atomic E-state index is 14.7. The van der Waals surface area contributed by atoms with Crippen LogP contribution in [0.15, 0.2) is 65.8 Å². The lowest BCUT2D eigenvalue weighted by Gasteiger charge is -2.33. The van der Waals surface area contributed by atoms with Gasteiger partial charge in [-0.25, -0.2) is 0 Å². The highest BCUT2D eigenvalue weighted by molar-refractivity contribution is 5.97. The molecular formula is C48H67N11O10. The van der Waals surface area contributed by atoms with Gasteiger partial charge in [-0.05, 0) is 94.4 Å². The molecule has 21 nitrogen and oxygen atoms in total. The number of para-hydroxylation sites is 1. The second-order valence-electron chi connectivity index (χ2n) is 18.5. The molecule has 3 fully saturated rings. The van der Waals surface area contributed by atoms with E-state index >= 15 is 0 Å². The lowest BCUT2D eigenvalue weighted by molar-refractivity contribution is -0.144. The van der Waals surface area contributed by atoms with Gasteiger partial charge >= 0.3 is 5.97 Å². The Hall–Kier alpha value is -6.58. The molecule has 374 valence electrons. The third-order valence-corrected chi connectivity index (χ3v) is 13.3. The van der Waals surface area contributed by atoms with Crippen molar-refractivity contribution in [2.45, 2.75) is 126 Å². The van der Waals surface area contributed by atoms with Crippen molar-refractivity contribution in [2.75, 3.05) is 33.2 Å². The Kier molecular flexibility index (Phi) is 18.5. The number of likely N-dealkylation sites (N-methyl/N-ethyl adjacent to an activating group) is 1. The number of aliphatic imine (C=N–C) groups is 1. The number of aromatic amines is 1. The Morgan fingerprint density at radius 3 is 2.26 bits per heavy atom. The largest absolute Gasteiger partial charge is 0.480 e. The molecule has 2 saturated heterocycles. The van der Waals surface area contributed by atoms with Crippen LogP contribution in [0.4, 0.5) is 0 Å². The minimum atomic E-state index is -1.31. The molecule has 13 N–H and O–H groups in total. The average Bonchev–Trinajstić information content (AvgIpc) is 3.92. The number of aliphatic hydroxyl groups excluding tert-OH is 2. The number of amides is 6. The van der Waals surface area contributed by atoms with Crippen LogP contribution in [0, 0.1) is 5.92 Å². The highest BCUT2D eigenvalue weighted by Gasteiger charge is 2.44. The predicted molar refractivity (Wildman–Crippen MR) is 255 cm³/mol. The van der Waals surface area contributed by atoms with E-state index in [9.17, 15) is 48.9 Å². The van der Waals surface area contributed by atoms with E-state index in [1.807, 2.05) is 24.3 Å². The fourth-order valence-corrected chi connectivity index (χ4v) is 9.54. The Morgan fingerprint density at radius 2 is 1.54 bits per heavy atom. The number of nitrogens with one attached hydrogen (secondary N) is 6. The van der Waals surface area contributed by atoms with Crippen LogP contribution in [-0.2, 0) is 46.4 Å². The van der Waals surface area contributed by atoms with Gasteiger partial charge in [-0.3, -0.25) is 43.5 Å². The van der Waals surface area contributed by atoms with Gasteiger partial charge in [-0.1, -0.05) is 48.5 Å². The Labute approximate surface area is 400 Å². The van der Waals surface area contributed by atoms with E-state index < -0.39 is 96.4 Å². The molecule has 2 aliphatic heterocycles. The molecule has 1 saturated carbocycles. The van der Waals surface area contributed by atoms with Crippen molar-refractivity contribution in [3.8, 4) is 0 Å². The number of carboxylic acid groups (broad SMARTS) is 1. The minimum absolute atomic E-state index is 0.00270. The fraction of sp³-hybridized carbons (Fsp3) is 0.542. The number of fused-ring (bicyclic) bond motifs is 2. The van der Waals surface area contributed by atoms with Crippen LogP contribution in [0.1, 0.15) is 75.3 Å². The second kappa shape index (κ2) is 24.6. The first kappa shape index (κ1) is 51.8. The normalized spacial score (nSPS) is 25.9. The summed E-state index contributed by atoms with van der Waals surface area (Å²) < 4.78 is 0. The van der Waals surface area contributed by atoms with E-state index in [4.69, 9.17) is 11.5 Å². The first-order valence-electron chi connectivity index (χ1n) is 23.8. The number of carbonyl (C=O) groups is 7. The smallest absolute Gasteiger partial charge is 0.317 e. The van der Waals surface area contributed by atoms with Crippen LogP contribution < -0.4 is 38.1 Å². The maximum Gasteiger partial charge on any atom is 0.317 e. The van der Waals surface area contributed by atoms with Gasteiger partial charge in [-0.15, -0.1) is 0 Å². The van der Waals surface area contributed by atoms with Gasteiger partial charge in [0.1, 0.15) is 30.2 Å². The number of carbonyl (C=O) groups excluding carboxylic acids is 6. The summed E-state index contributed by atoms with van der Waals surface area (Å²) in [5.74, 6) is -5.43. The van der Waals surface area contributed by atoms with Gasteiger partial charge in [-0.2, -0.15) is 0 Å². The van der Waals surface area contributed by atoms with E-state index in [0.717, 1.165) is 16.5 Å². The minimum Gasteiger partial charge on any atom is -0.480 e. The number of guanidine groups is 1. The highest BCUT2D eigenvalue weighted by Crippen LogP contribution is 2.29. The molecule has 21 heteroatoms. The van der Waals surface area contributed by atoms with Crippen molar-refractivity contribution in [2.24, 2.45) is 22.4 Å². The quantitative estimate of drug-likeness (QED) is 0.0503. The lowest BCUT2D eigenvalue weighted by Crippen LogP contribution is -2.60. The number of carboxylic acids is 1. The summed E-state index contributed by atoms with van der Waals surface area (Å²) in [5.41, 5.74) is 13.3. The number of hydrogen-bond acceptors (Lipinski definition) is 11. The summed E-state index contributed by atoms with van der Waals surface area (Å²) >= 11 is 0. The van der Waals surface area contributed by atoms with Crippen LogP contribution in [0.3, 0.4) is 0 Å². The van der Waals surface area contributed by atoms with Crippen LogP contribution in [-0.4, -0.2) is 159 Å². The van der Waals surface area contributed by atoms with Crippen LogP contribution in [0.25, 0.3) is 10.9 Å². The molecule has 0 radical (unpaired) electrons. The molecule has 6 amide bonds. The molecule has 69 heavy (non-hydrogen) atoms. The molecule has 0 spiro atoms. The first-order valence-corrected chi connectivity index (χ1v) is 23.8. The van der Waals surface area contributed by atoms with E-state index in [1.54, 1.807) is 36.5 Å². The number of aromatic nitrogens is 1. The molecule has 3 aromatic rings. The predicted octanol–water partition coefficient (Wildman–Crippen LogP) is -0.856. The van der Waals surface area contributed by atoms with Crippen LogP contribution in [0.5, 0.6) is 0 Å². The molecule has 2 aromatic carbocycles. The lowest BCUT2D eigenvalue weighted by atomic mass is 9.83. The third-order valence-electron chi connectivity index (χ3n) is 13.3. The van der Waals surface area contributed by atoms with Crippen molar-refractivity contribution < 1.29 is 48.9 Å². The van der Waals surface area contributed by atoms with Crippen molar-refractivity contribution >= 4 is 58.3 Å². The molecular weight excluding hydrogens is 891 g/mol. The van der Waals surface area contributed by atoms with Gasteiger partial charge in [0.05, 0.1) is 24.8 Å². The SMILES string of the molecule is CN(CC(=O)O)C(Cc1ccccc1)C(=O)N[C@H]1CCCNC(=O)[C@H](CCCN=C(N)N)NC(=O)[C@H](Cc2c[nH]c3ccccc23)NC(=O)[C@@H](CC2CCC(O)CC2)NC(=O)[C@@H]2C[C@@H](O)CN2C1=O. The maximum absolute atomic E-state index is 14.7. The van der Waals surface area contributed by atoms with E-state index in [-0.39, 0.29) is 82.9 Å². The molecule has 0 bridgehead atoms. The summed E-state index contributed by atoms with van der Waals surface area (Å²) in [5, 5.41) is 46.0. The second-order valence-corrected chi connectivity index (χ2v) is 18.5. The number of rotatable bonds is 15. The van der Waals surface area contributed by atoms with Crippen molar-refractivity contribution in [3.05, 3.63) is 71.9 Å². The monoisotopic (exact) mass is 958 g/mol. The van der Waals surface area contributed by atoms with Gasteiger partial charge in [0.2, 0.25) is 35.4 Å². The summed E-state index contributed by atoms with van der Waals surface area (Å²) in [7, 11) is 1.48. The summed E-state index contributed by atoms with van der Waals surface area (Å²) in [6.45, 7) is -0.620. The van der Waals surface area contributed by atoms with Crippen molar-refractivity contribution in [3.63, 3.8) is 0 Å². The average molecular weight is 958 g/mol. The number of aliphatic carboxylic acids is 1. The number of hydrogen-bond donors (Lipinski definition) is 11. The number of benzene rings is 2. The van der Waals surface area contributed by atoms with Gasteiger partial charge in [0.25, 0.3) is 0 Å². The van der Waals surface area contributed by atoms with E-state index in [2.05, 4.69) is 36.6 Å². The fourth-order valence-electron chi connectivity index (χ4n) is 9.54. The third kappa shape index (κ3) is 14.7. The zero-order valence-corrected chi connectivity index (χ0v) is 39.0. The molecule has 3 heterocycles. The van der Waals surface area contributed by atoms with Crippen LogP contribution in [0.2, 0.25) is 0 Å². The summed E-state index contributed by atoms with van der Waals surface area (Å²) in [6.07, 6.45) is 2.74. The molecule has 1 aromatic heterocycles. The number of H-pyrrole nitrogens is 1. The molecule has 1 aliphatic carbocycles. The van der Waals surface area contributed by atoms with Crippen molar-refractivity contribution in [1.29, 1.82) is 0 Å². The summed E-state index contributed by atoms with van der Waals surface area (Å²) in [6, 6.07) is 9.18. The Bertz CT molecular complexity index is 2300. The van der Waals surface area contributed by atoms with Gasteiger partial charge in [0, 0.05) is 49.6 Å². The van der Waals surface area contributed by atoms with E-state index in [0.29, 0.717) is 31.2 Å². The topological polar surface area (TPSA) is 327 Å².